The molecule has 2 heterocycles. The SMILES string of the molecule is CN(C)c1nc(NC2CCC(NC(=O)C3CCCO3)CC2)nc2ccccc12.O=C(O)C(F)(F)F. The number of fused-ring (bicyclic) bond motifs is 1. The van der Waals surface area contributed by atoms with Gasteiger partial charge in [0.15, 0.2) is 0 Å². The molecule has 1 saturated carbocycles. The molecule has 192 valence electrons. The molecule has 1 amide bonds. The highest BCUT2D eigenvalue weighted by molar-refractivity contribution is 5.90. The van der Waals surface area contributed by atoms with E-state index in [0.717, 1.165) is 55.2 Å². The maximum absolute atomic E-state index is 12.2. The third kappa shape index (κ3) is 7.41. The van der Waals surface area contributed by atoms with E-state index >= 15 is 0 Å². The quantitative estimate of drug-likeness (QED) is 0.576. The molecular weight excluding hydrogens is 467 g/mol. The third-order valence-electron chi connectivity index (χ3n) is 5.88. The highest BCUT2D eigenvalue weighted by atomic mass is 19.4. The monoisotopic (exact) mass is 497 g/mol. The van der Waals surface area contributed by atoms with E-state index < -0.39 is 12.1 Å². The van der Waals surface area contributed by atoms with Crippen LogP contribution in [0.1, 0.15) is 38.5 Å². The van der Waals surface area contributed by atoms with E-state index in [2.05, 4.69) is 16.7 Å². The maximum atomic E-state index is 12.2. The van der Waals surface area contributed by atoms with Crippen molar-refractivity contribution in [2.45, 2.75) is 62.9 Å². The molecule has 1 aromatic heterocycles. The molecule has 1 aliphatic carbocycles. The topological polar surface area (TPSA) is 117 Å². The highest BCUT2D eigenvalue weighted by Gasteiger charge is 2.38. The predicted octanol–water partition coefficient (Wildman–Crippen LogP) is 3.35. The van der Waals surface area contributed by atoms with Crippen LogP contribution in [0.15, 0.2) is 24.3 Å². The van der Waals surface area contributed by atoms with Gasteiger partial charge in [0.2, 0.25) is 11.9 Å². The second-order valence-electron chi connectivity index (χ2n) is 8.79. The Hall–Kier alpha value is -3.15. The fraction of sp³-hybridized carbons (Fsp3) is 0.565. The van der Waals surface area contributed by atoms with Crippen LogP contribution in [-0.4, -0.2) is 72.0 Å². The summed E-state index contributed by atoms with van der Waals surface area (Å²) in [5.74, 6) is -1.10. The molecule has 0 radical (unpaired) electrons. The van der Waals surface area contributed by atoms with Crippen molar-refractivity contribution in [1.29, 1.82) is 0 Å². The van der Waals surface area contributed by atoms with Crippen molar-refractivity contribution in [3.05, 3.63) is 24.3 Å². The molecule has 12 heteroatoms. The number of nitrogens with zero attached hydrogens (tertiary/aromatic N) is 3. The molecule has 9 nitrogen and oxygen atoms in total. The van der Waals surface area contributed by atoms with Gasteiger partial charge in [-0.05, 0) is 50.7 Å². The number of alkyl halides is 3. The van der Waals surface area contributed by atoms with Crippen LogP contribution in [-0.2, 0) is 14.3 Å². The summed E-state index contributed by atoms with van der Waals surface area (Å²) in [5.41, 5.74) is 0.946. The minimum Gasteiger partial charge on any atom is -0.475 e. The lowest BCUT2D eigenvalue weighted by molar-refractivity contribution is -0.192. The van der Waals surface area contributed by atoms with Gasteiger partial charge in [-0.25, -0.2) is 9.78 Å². The summed E-state index contributed by atoms with van der Waals surface area (Å²) in [6.45, 7) is 0.704. The summed E-state index contributed by atoms with van der Waals surface area (Å²) >= 11 is 0. The minimum atomic E-state index is -5.08. The summed E-state index contributed by atoms with van der Waals surface area (Å²) in [6, 6.07) is 8.65. The van der Waals surface area contributed by atoms with Gasteiger partial charge in [0.25, 0.3) is 0 Å². The molecule has 1 atom stereocenters. The van der Waals surface area contributed by atoms with E-state index in [4.69, 9.17) is 24.6 Å². The van der Waals surface area contributed by atoms with Crippen molar-refractivity contribution in [2.24, 2.45) is 0 Å². The van der Waals surface area contributed by atoms with Crippen LogP contribution in [0.3, 0.4) is 0 Å². The highest BCUT2D eigenvalue weighted by Crippen LogP contribution is 2.26. The van der Waals surface area contributed by atoms with E-state index in [1.165, 1.54) is 0 Å². The van der Waals surface area contributed by atoms with E-state index in [9.17, 15) is 18.0 Å². The van der Waals surface area contributed by atoms with Crippen LogP contribution < -0.4 is 15.5 Å². The predicted molar refractivity (Wildman–Crippen MR) is 124 cm³/mol. The Labute approximate surface area is 201 Å². The zero-order valence-electron chi connectivity index (χ0n) is 19.6. The van der Waals surface area contributed by atoms with Crippen molar-refractivity contribution in [2.75, 3.05) is 30.9 Å². The number of carboxylic acids is 1. The maximum Gasteiger partial charge on any atom is 0.490 e. The van der Waals surface area contributed by atoms with Gasteiger partial charge in [0.1, 0.15) is 11.9 Å². The molecule has 0 bridgehead atoms. The number of nitrogens with one attached hydrogen (secondary N) is 2. The standard InChI is InChI=1S/C21H29N5O2.C2HF3O2/c1-26(2)19-16-6-3-4-7-17(16)24-21(25-19)23-15-11-9-14(10-12-15)22-20(27)18-8-5-13-28-18;3-2(4,5)1(6)7/h3-4,6-7,14-15,18H,5,8-13H2,1-2H3,(H,22,27)(H,23,24,25);(H,6,7). The largest absolute Gasteiger partial charge is 0.490 e. The molecule has 1 aliphatic heterocycles. The van der Waals surface area contributed by atoms with Gasteiger partial charge in [0.05, 0.1) is 5.52 Å². The number of para-hydroxylation sites is 1. The Bertz CT molecular complexity index is 1020. The fourth-order valence-electron chi connectivity index (χ4n) is 4.11. The number of aromatic nitrogens is 2. The molecule has 2 fully saturated rings. The number of benzene rings is 1. The Morgan fingerprint density at radius 3 is 2.26 bits per heavy atom. The van der Waals surface area contributed by atoms with Crippen LogP contribution in [0.25, 0.3) is 10.9 Å². The summed E-state index contributed by atoms with van der Waals surface area (Å²) in [6.07, 6.45) is 0.403. The van der Waals surface area contributed by atoms with Gasteiger partial charge in [-0.1, -0.05) is 12.1 Å². The first kappa shape index (κ1) is 26.5. The Kier molecular flexibility index (Phi) is 8.71. The number of carbonyl (C=O) groups is 2. The molecule has 2 aliphatic rings. The Balaban J connectivity index is 0.000000429. The van der Waals surface area contributed by atoms with Crippen molar-refractivity contribution < 1.29 is 32.6 Å². The molecule has 1 aromatic carbocycles. The van der Waals surface area contributed by atoms with Crippen LogP contribution >= 0.6 is 0 Å². The van der Waals surface area contributed by atoms with Gasteiger partial charge in [0, 0.05) is 38.2 Å². The average molecular weight is 498 g/mol. The Morgan fingerprint density at radius 2 is 1.69 bits per heavy atom. The molecule has 35 heavy (non-hydrogen) atoms. The number of hydrogen-bond acceptors (Lipinski definition) is 7. The second-order valence-corrected chi connectivity index (χ2v) is 8.79. The number of carboxylic acid groups (broad SMARTS) is 1. The van der Waals surface area contributed by atoms with Crippen molar-refractivity contribution in [3.8, 4) is 0 Å². The zero-order valence-corrected chi connectivity index (χ0v) is 19.6. The molecular formula is C23H30F3N5O4. The van der Waals surface area contributed by atoms with E-state index in [-0.39, 0.29) is 18.1 Å². The molecule has 1 saturated heterocycles. The number of amides is 1. The number of carbonyl (C=O) groups excluding carboxylic acids is 1. The molecule has 3 N–H and O–H groups in total. The molecule has 4 rings (SSSR count). The first-order chi connectivity index (χ1) is 16.5. The molecule has 0 spiro atoms. The average Bonchev–Trinajstić information content (AvgIpc) is 3.35. The summed E-state index contributed by atoms with van der Waals surface area (Å²) in [7, 11) is 4.00. The van der Waals surface area contributed by atoms with Crippen molar-refractivity contribution >= 4 is 34.5 Å². The van der Waals surface area contributed by atoms with Crippen molar-refractivity contribution in [1.82, 2.24) is 15.3 Å². The zero-order chi connectivity index (χ0) is 25.6. The lowest BCUT2D eigenvalue weighted by Crippen LogP contribution is -2.44. The van der Waals surface area contributed by atoms with Gasteiger partial charge in [-0.3, -0.25) is 4.79 Å². The van der Waals surface area contributed by atoms with E-state index in [0.29, 0.717) is 18.6 Å². The lowest BCUT2D eigenvalue weighted by Gasteiger charge is -2.30. The molecule has 2 aromatic rings. The first-order valence-electron chi connectivity index (χ1n) is 11.5. The van der Waals surface area contributed by atoms with Gasteiger partial charge in [-0.2, -0.15) is 18.2 Å². The van der Waals surface area contributed by atoms with Crippen LogP contribution in [0.2, 0.25) is 0 Å². The second kappa shape index (κ2) is 11.5. The van der Waals surface area contributed by atoms with Crippen LogP contribution in [0, 0.1) is 0 Å². The number of aliphatic carboxylic acids is 1. The van der Waals surface area contributed by atoms with Gasteiger partial charge < -0.3 is 25.4 Å². The van der Waals surface area contributed by atoms with Crippen LogP contribution in [0.5, 0.6) is 0 Å². The normalized spacial score (nSPS) is 22.1. The summed E-state index contributed by atoms with van der Waals surface area (Å²) in [4.78, 5) is 32.6. The van der Waals surface area contributed by atoms with E-state index in [1.807, 2.05) is 37.2 Å². The fourth-order valence-corrected chi connectivity index (χ4v) is 4.11. The van der Waals surface area contributed by atoms with Crippen molar-refractivity contribution in [3.63, 3.8) is 0 Å². The minimum absolute atomic E-state index is 0.0578. The summed E-state index contributed by atoms with van der Waals surface area (Å²) < 4.78 is 37.2. The van der Waals surface area contributed by atoms with Crippen LogP contribution in [0.4, 0.5) is 24.9 Å². The number of hydrogen-bond donors (Lipinski definition) is 3. The van der Waals surface area contributed by atoms with E-state index in [1.54, 1.807) is 0 Å². The lowest BCUT2D eigenvalue weighted by atomic mass is 9.91. The summed E-state index contributed by atoms with van der Waals surface area (Å²) in [5, 5.41) is 14.9. The third-order valence-corrected chi connectivity index (χ3v) is 5.88. The van der Waals surface area contributed by atoms with Gasteiger partial charge in [-0.15, -0.1) is 0 Å². The number of rotatable bonds is 5. The smallest absolute Gasteiger partial charge is 0.475 e. The van der Waals surface area contributed by atoms with Gasteiger partial charge >= 0.3 is 12.1 Å². The Morgan fingerprint density at radius 1 is 1.06 bits per heavy atom. The first-order valence-corrected chi connectivity index (χ1v) is 11.5. The number of anilines is 2. The molecule has 1 unspecified atom stereocenters. The number of ether oxygens (including phenoxy) is 1. The number of halogens is 3.